The molecular formula is C14H18F5N3O4S2. The fourth-order valence-corrected chi connectivity index (χ4v) is 4.40. The summed E-state index contributed by atoms with van der Waals surface area (Å²) in [7, 11) is -10.3. The number of benzene rings is 1. The molecule has 7 nitrogen and oxygen atoms in total. The van der Waals surface area contributed by atoms with Crippen LogP contribution < -0.4 is 10.5 Å². The molecule has 0 spiro atoms. The van der Waals surface area contributed by atoms with E-state index < -0.39 is 66.3 Å². The Bertz CT molecular complexity index is 917. The number of nitrogens with zero attached hydrogens (tertiary/aromatic N) is 1. The van der Waals surface area contributed by atoms with Crippen molar-refractivity contribution in [2.45, 2.75) is 33.8 Å². The molecule has 2 rings (SSSR count). The summed E-state index contributed by atoms with van der Waals surface area (Å²) in [5.74, 6) is 0. The SMILES string of the molecule is NS(=O)(=O)c1ccc(NC2CCN(C(CF)CF)C2)c(S(=O)(=O)C(F)(F)F)c1. The lowest BCUT2D eigenvalue weighted by molar-refractivity contribution is -0.0435. The number of sulfonamides is 1. The highest BCUT2D eigenvalue weighted by molar-refractivity contribution is 7.92. The second kappa shape index (κ2) is 8.08. The van der Waals surface area contributed by atoms with Gasteiger partial charge in [-0.2, -0.15) is 13.2 Å². The highest BCUT2D eigenvalue weighted by atomic mass is 32.2. The molecule has 0 aromatic heterocycles. The Labute approximate surface area is 158 Å². The van der Waals surface area contributed by atoms with Crippen LogP contribution in [0, 0.1) is 0 Å². The van der Waals surface area contributed by atoms with Crippen molar-refractivity contribution in [3.8, 4) is 0 Å². The molecule has 1 unspecified atom stereocenters. The van der Waals surface area contributed by atoms with Gasteiger partial charge in [-0.1, -0.05) is 0 Å². The van der Waals surface area contributed by atoms with Crippen LogP contribution in [0.4, 0.5) is 27.6 Å². The molecular weight excluding hydrogens is 433 g/mol. The number of nitrogens with one attached hydrogen (secondary N) is 1. The van der Waals surface area contributed by atoms with Gasteiger partial charge in [0.25, 0.3) is 9.84 Å². The van der Waals surface area contributed by atoms with Crippen LogP contribution in [0.15, 0.2) is 28.0 Å². The second-order valence-electron chi connectivity index (χ2n) is 6.24. The Morgan fingerprint density at radius 1 is 1.18 bits per heavy atom. The van der Waals surface area contributed by atoms with E-state index in [2.05, 4.69) is 5.32 Å². The molecule has 0 radical (unpaired) electrons. The molecule has 1 heterocycles. The summed E-state index contributed by atoms with van der Waals surface area (Å²) < 4.78 is 111. The van der Waals surface area contributed by atoms with E-state index in [-0.39, 0.29) is 13.1 Å². The Kier molecular flexibility index (Phi) is 6.57. The van der Waals surface area contributed by atoms with Gasteiger partial charge < -0.3 is 5.32 Å². The minimum absolute atomic E-state index is 0.0704. The van der Waals surface area contributed by atoms with E-state index >= 15 is 0 Å². The predicted octanol–water partition coefficient (Wildman–Crippen LogP) is 1.42. The summed E-state index contributed by atoms with van der Waals surface area (Å²) in [4.78, 5) is -0.643. The van der Waals surface area contributed by atoms with E-state index in [0.717, 1.165) is 12.1 Å². The third-order valence-corrected chi connectivity index (χ3v) is 6.76. The molecule has 28 heavy (non-hydrogen) atoms. The molecule has 3 N–H and O–H groups in total. The fourth-order valence-electron chi connectivity index (χ4n) is 2.84. The summed E-state index contributed by atoms with van der Waals surface area (Å²) in [5.41, 5.74) is -6.15. The highest BCUT2D eigenvalue weighted by Crippen LogP contribution is 2.36. The first-order chi connectivity index (χ1) is 12.8. The van der Waals surface area contributed by atoms with Crippen molar-refractivity contribution in [2.24, 2.45) is 5.14 Å². The first kappa shape index (κ1) is 22.8. The number of anilines is 1. The molecule has 1 atom stereocenters. The van der Waals surface area contributed by atoms with E-state index in [4.69, 9.17) is 5.14 Å². The average molecular weight is 451 g/mol. The van der Waals surface area contributed by atoms with Crippen molar-refractivity contribution in [1.82, 2.24) is 4.90 Å². The molecule has 0 bridgehead atoms. The smallest absolute Gasteiger partial charge is 0.380 e. The van der Waals surface area contributed by atoms with E-state index in [0.29, 0.717) is 12.5 Å². The molecule has 1 fully saturated rings. The molecule has 0 aliphatic carbocycles. The van der Waals surface area contributed by atoms with Crippen LogP contribution in [0.1, 0.15) is 6.42 Å². The van der Waals surface area contributed by atoms with Crippen molar-refractivity contribution in [2.75, 3.05) is 31.8 Å². The van der Waals surface area contributed by atoms with Crippen molar-refractivity contribution >= 4 is 25.5 Å². The van der Waals surface area contributed by atoms with Gasteiger partial charge in [-0.3, -0.25) is 4.90 Å². The zero-order chi connectivity index (χ0) is 21.3. The topological polar surface area (TPSA) is 110 Å². The maximum atomic E-state index is 13.0. The minimum Gasteiger partial charge on any atom is -0.380 e. The summed E-state index contributed by atoms with van der Waals surface area (Å²) >= 11 is 0. The van der Waals surface area contributed by atoms with E-state index in [1.807, 2.05) is 0 Å². The molecule has 14 heteroatoms. The van der Waals surface area contributed by atoms with Crippen LogP contribution in [0.2, 0.25) is 0 Å². The third-order valence-electron chi connectivity index (χ3n) is 4.33. The van der Waals surface area contributed by atoms with Crippen LogP contribution >= 0.6 is 0 Å². The Balaban J connectivity index is 2.40. The normalized spacial score (nSPS) is 19.3. The first-order valence-corrected chi connectivity index (χ1v) is 10.9. The number of hydrogen-bond acceptors (Lipinski definition) is 6. The van der Waals surface area contributed by atoms with Gasteiger partial charge >= 0.3 is 5.51 Å². The van der Waals surface area contributed by atoms with Gasteiger partial charge in [-0.05, 0) is 24.6 Å². The van der Waals surface area contributed by atoms with Gasteiger partial charge in [0, 0.05) is 19.1 Å². The number of sulfone groups is 1. The highest BCUT2D eigenvalue weighted by Gasteiger charge is 2.48. The Hall–Kier alpha value is -1.51. The van der Waals surface area contributed by atoms with Crippen LogP contribution in [0.25, 0.3) is 0 Å². The standard InChI is InChI=1S/C14H18F5N3O4S2/c15-6-10(7-16)22-4-3-9(8-22)21-12-2-1-11(28(20,25)26)5-13(12)27(23,24)14(17,18)19/h1-2,5,9-10,21H,3-4,6-8H2,(H2,20,25,26). The molecule has 1 aromatic carbocycles. The summed E-state index contributed by atoms with van der Waals surface area (Å²) in [6.07, 6.45) is 0.291. The lowest BCUT2D eigenvalue weighted by Gasteiger charge is -2.23. The predicted molar refractivity (Wildman–Crippen MR) is 90.4 cm³/mol. The summed E-state index contributed by atoms with van der Waals surface area (Å²) in [6, 6.07) is 0.478. The molecule has 0 saturated carbocycles. The maximum absolute atomic E-state index is 13.0. The van der Waals surface area contributed by atoms with Gasteiger partial charge in [0.15, 0.2) is 0 Å². The van der Waals surface area contributed by atoms with Crippen LogP contribution in [0.5, 0.6) is 0 Å². The van der Waals surface area contributed by atoms with Gasteiger partial charge in [0.1, 0.15) is 18.2 Å². The van der Waals surface area contributed by atoms with Crippen LogP contribution in [0.3, 0.4) is 0 Å². The van der Waals surface area contributed by atoms with Gasteiger partial charge in [0.05, 0.1) is 16.6 Å². The first-order valence-electron chi connectivity index (χ1n) is 7.92. The van der Waals surface area contributed by atoms with Gasteiger partial charge in [-0.25, -0.2) is 30.8 Å². The molecule has 1 aliphatic rings. The Morgan fingerprint density at radius 2 is 1.79 bits per heavy atom. The second-order valence-corrected chi connectivity index (χ2v) is 9.71. The van der Waals surface area contributed by atoms with Crippen LogP contribution in [-0.2, 0) is 19.9 Å². The van der Waals surface area contributed by atoms with E-state index in [1.54, 1.807) is 0 Å². The lowest BCUT2D eigenvalue weighted by atomic mass is 10.2. The number of hydrogen-bond donors (Lipinski definition) is 2. The lowest BCUT2D eigenvalue weighted by Crippen LogP contribution is -2.38. The van der Waals surface area contributed by atoms with Crippen molar-refractivity contribution in [3.63, 3.8) is 0 Å². The number of primary sulfonamides is 1. The zero-order valence-corrected chi connectivity index (χ0v) is 15.9. The Morgan fingerprint density at radius 3 is 2.29 bits per heavy atom. The monoisotopic (exact) mass is 451 g/mol. The third kappa shape index (κ3) is 4.72. The maximum Gasteiger partial charge on any atom is 0.501 e. The van der Waals surface area contributed by atoms with Gasteiger partial charge in [-0.15, -0.1) is 0 Å². The number of alkyl halides is 5. The van der Waals surface area contributed by atoms with Gasteiger partial charge in [0.2, 0.25) is 10.0 Å². The van der Waals surface area contributed by atoms with Crippen LogP contribution in [-0.4, -0.2) is 65.8 Å². The summed E-state index contributed by atoms with van der Waals surface area (Å²) in [5, 5.41) is 7.47. The fraction of sp³-hybridized carbons (Fsp3) is 0.571. The average Bonchev–Trinajstić information content (AvgIpc) is 3.02. The molecule has 160 valence electrons. The van der Waals surface area contributed by atoms with E-state index in [1.165, 1.54) is 4.90 Å². The van der Waals surface area contributed by atoms with Crippen molar-refractivity contribution in [1.29, 1.82) is 0 Å². The van der Waals surface area contributed by atoms with E-state index in [9.17, 15) is 38.8 Å². The molecule has 1 saturated heterocycles. The largest absolute Gasteiger partial charge is 0.501 e. The number of nitrogens with two attached hydrogens (primary N) is 1. The molecule has 1 aromatic rings. The number of likely N-dealkylation sites (tertiary alicyclic amines) is 1. The minimum atomic E-state index is -5.89. The quantitative estimate of drug-likeness (QED) is 0.607. The van der Waals surface area contributed by atoms with Crippen molar-refractivity contribution < 1.29 is 38.8 Å². The van der Waals surface area contributed by atoms with Crippen molar-refractivity contribution in [3.05, 3.63) is 18.2 Å². The molecule has 1 aliphatic heterocycles. The zero-order valence-electron chi connectivity index (χ0n) is 14.3. The molecule has 0 amide bonds. The number of rotatable bonds is 7. The summed E-state index contributed by atoms with van der Waals surface area (Å²) in [6.45, 7) is -1.56. The number of halogens is 5.